The third kappa shape index (κ3) is 4.13. The van der Waals surface area contributed by atoms with E-state index in [2.05, 4.69) is 5.32 Å². The Bertz CT molecular complexity index is 662. The molecular formula is C12H16ClN3O3S2. The number of halogens is 1. The quantitative estimate of drug-likeness (QED) is 0.739. The Morgan fingerprint density at radius 2 is 2.10 bits per heavy atom. The molecule has 0 fully saturated rings. The summed E-state index contributed by atoms with van der Waals surface area (Å²) in [5.74, 6) is -0.415. The lowest BCUT2D eigenvalue weighted by Crippen LogP contribution is -2.39. The van der Waals surface area contributed by atoms with Crippen molar-refractivity contribution in [2.75, 3.05) is 20.1 Å². The van der Waals surface area contributed by atoms with Gasteiger partial charge in [0.1, 0.15) is 9.88 Å². The summed E-state index contributed by atoms with van der Waals surface area (Å²) in [4.78, 5) is 11.4. The molecule has 0 aromatic heterocycles. The van der Waals surface area contributed by atoms with Crippen molar-refractivity contribution in [3.8, 4) is 0 Å². The van der Waals surface area contributed by atoms with Crippen LogP contribution in [0.2, 0.25) is 5.02 Å². The molecule has 1 aromatic carbocycles. The number of likely N-dealkylation sites (N-methyl/N-ethyl adjacent to an activating group) is 2. The predicted molar refractivity (Wildman–Crippen MR) is 85.8 cm³/mol. The standard InChI is InChI=1S/C12H16ClN3O3S2/c1-3-16(7-11(17)15-2)21(18,19)10-6-8(12(14)20)4-5-9(10)13/h4-6H,3,7H2,1-2H3,(H2,14,20)(H,15,17). The van der Waals surface area contributed by atoms with Crippen molar-refractivity contribution in [1.82, 2.24) is 9.62 Å². The van der Waals surface area contributed by atoms with E-state index in [4.69, 9.17) is 29.6 Å². The molecule has 21 heavy (non-hydrogen) atoms. The molecule has 9 heteroatoms. The molecule has 0 radical (unpaired) electrons. The number of sulfonamides is 1. The number of carbonyl (C=O) groups excluding carboxylic acids is 1. The predicted octanol–water partition coefficient (Wildman–Crippen LogP) is 0.731. The number of rotatable bonds is 6. The molecule has 0 aliphatic heterocycles. The van der Waals surface area contributed by atoms with Gasteiger partial charge in [-0.15, -0.1) is 0 Å². The summed E-state index contributed by atoms with van der Waals surface area (Å²) >= 11 is 10.8. The molecule has 0 bridgehead atoms. The van der Waals surface area contributed by atoms with Crippen LogP contribution in [0.25, 0.3) is 0 Å². The number of thiocarbonyl (C=S) groups is 1. The fraction of sp³-hybridized carbons (Fsp3) is 0.333. The van der Waals surface area contributed by atoms with Gasteiger partial charge in [0, 0.05) is 19.2 Å². The van der Waals surface area contributed by atoms with Gasteiger partial charge in [0.15, 0.2) is 0 Å². The second-order valence-electron chi connectivity index (χ2n) is 4.11. The Kier molecular flexibility index (Phi) is 6.09. The van der Waals surface area contributed by atoms with Crippen LogP contribution in [0.3, 0.4) is 0 Å². The topological polar surface area (TPSA) is 92.5 Å². The minimum atomic E-state index is -3.92. The number of hydrogen-bond donors (Lipinski definition) is 2. The Balaban J connectivity index is 3.31. The van der Waals surface area contributed by atoms with Crippen molar-refractivity contribution in [2.45, 2.75) is 11.8 Å². The van der Waals surface area contributed by atoms with Crippen LogP contribution in [0.5, 0.6) is 0 Å². The number of nitrogens with one attached hydrogen (secondary N) is 1. The van der Waals surface area contributed by atoms with E-state index in [1.54, 1.807) is 13.0 Å². The van der Waals surface area contributed by atoms with Gasteiger partial charge in [-0.1, -0.05) is 36.8 Å². The fourth-order valence-corrected chi connectivity index (χ4v) is 3.63. The van der Waals surface area contributed by atoms with Crippen molar-refractivity contribution in [3.05, 3.63) is 28.8 Å². The van der Waals surface area contributed by atoms with Crippen LogP contribution in [-0.4, -0.2) is 43.8 Å². The minimum absolute atomic E-state index is 0.0466. The highest BCUT2D eigenvalue weighted by atomic mass is 35.5. The van der Waals surface area contributed by atoms with Gasteiger partial charge in [-0.25, -0.2) is 8.42 Å². The van der Waals surface area contributed by atoms with Gasteiger partial charge in [0.25, 0.3) is 0 Å². The summed E-state index contributed by atoms with van der Waals surface area (Å²) < 4.78 is 26.2. The zero-order valence-electron chi connectivity index (χ0n) is 11.6. The molecule has 0 atom stereocenters. The van der Waals surface area contributed by atoms with Gasteiger partial charge < -0.3 is 11.1 Å². The Morgan fingerprint density at radius 1 is 1.48 bits per heavy atom. The Hall–Kier alpha value is -1.22. The Labute approximate surface area is 134 Å². The molecule has 3 N–H and O–H groups in total. The molecule has 6 nitrogen and oxygen atoms in total. The van der Waals surface area contributed by atoms with E-state index in [0.717, 1.165) is 4.31 Å². The molecule has 0 heterocycles. The molecule has 0 aliphatic rings. The fourth-order valence-electron chi connectivity index (χ4n) is 1.60. The maximum atomic E-state index is 12.6. The largest absolute Gasteiger partial charge is 0.389 e. The number of nitrogens with zero attached hydrogens (tertiary/aromatic N) is 1. The highest BCUT2D eigenvalue weighted by Crippen LogP contribution is 2.25. The summed E-state index contributed by atoms with van der Waals surface area (Å²) in [5, 5.41) is 2.43. The monoisotopic (exact) mass is 349 g/mol. The van der Waals surface area contributed by atoms with Crippen LogP contribution in [0.15, 0.2) is 23.1 Å². The van der Waals surface area contributed by atoms with Crippen LogP contribution >= 0.6 is 23.8 Å². The third-order valence-corrected chi connectivity index (χ3v) is 5.42. The SMILES string of the molecule is CCN(CC(=O)NC)S(=O)(=O)c1cc(C(N)=S)ccc1Cl. The lowest BCUT2D eigenvalue weighted by Gasteiger charge is -2.20. The Morgan fingerprint density at radius 3 is 2.57 bits per heavy atom. The lowest BCUT2D eigenvalue weighted by atomic mass is 10.2. The molecular weight excluding hydrogens is 334 g/mol. The van der Waals surface area contributed by atoms with Crippen molar-refractivity contribution in [3.63, 3.8) is 0 Å². The van der Waals surface area contributed by atoms with Crippen molar-refractivity contribution in [1.29, 1.82) is 0 Å². The molecule has 0 saturated carbocycles. The summed E-state index contributed by atoms with van der Waals surface area (Å²) in [6.07, 6.45) is 0. The van der Waals surface area contributed by atoms with Gasteiger partial charge in [-0.05, 0) is 12.1 Å². The smallest absolute Gasteiger partial charge is 0.245 e. The van der Waals surface area contributed by atoms with Crippen LogP contribution in [0, 0.1) is 0 Å². The van der Waals surface area contributed by atoms with E-state index in [1.807, 2.05) is 0 Å². The first-order valence-electron chi connectivity index (χ1n) is 6.04. The molecule has 1 rings (SSSR count). The van der Waals surface area contributed by atoms with E-state index >= 15 is 0 Å². The van der Waals surface area contributed by atoms with Gasteiger partial charge in [-0.3, -0.25) is 4.79 Å². The van der Waals surface area contributed by atoms with Gasteiger partial charge >= 0.3 is 0 Å². The van der Waals surface area contributed by atoms with E-state index in [0.29, 0.717) is 5.56 Å². The lowest BCUT2D eigenvalue weighted by molar-refractivity contribution is -0.120. The van der Waals surface area contributed by atoms with Crippen molar-refractivity contribution < 1.29 is 13.2 Å². The molecule has 0 aliphatic carbocycles. The molecule has 116 valence electrons. The van der Waals surface area contributed by atoms with Crippen molar-refractivity contribution in [2.24, 2.45) is 5.73 Å². The highest BCUT2D eigenvalue weighted by molar-refractivity contribution is 7.89. The summed E-state index contributed by atoms with van der Waals surface area (Å²) in [7, 11) is -2.48. The van der Waals surface area contributed by atoms with E-state index in [9.17, 15) is 13.2 Å². The van der Waals surface area contributed by atoms with E-state index in [-0.39, 0.29) is 28.0 Å². The molecule has 0 spiro atoms. The maximum Gasteiger partial charge on any atom is 0.245 e. The average Bonchev–Trinajstić information content (AvgIpc) is 2.44. The molecule has 1 aromatic rings. The van der Waals surface area contributed by atoms with Crippen molar-refractivity contribution >= 4 is 44.7 Å². The zero-order chi connectivity index (χ0) is 16.2. The first kappa shape index (κ1) is 17.8. The van der Waals surface area contributed by atoms with Crippen LogP contribution in [-0.2, 0) is 14.8 Å². The number of nitrogens with two attached hydrogens (primary N) is 1. The summed E-state index contributed by atoms with van der Waals surface area (Å²) in [6.45, 7) is 1.47. The number of amides is 1. The van der Waals surface area contributed by atoms with E-state index in [1.165, 1.54) is 19.2 Å². The average molecular weight is 350 g/mol. The second kappa shape index (κ2) is 7.17. The van der Waals surface area contributed by atoms with E-state index < -0.39 is 15.9 Å². The van der Waals surface area contributed by atoms with Crippen LogP contribution in [0.4, 0.5) is 0 Å². The summed E-state index contributed by atoms with van der Waals surface area (Å²) in [6, 6.07) is 4.27. The molecule has 1 amide bonds. The summed E-state index contributed by atoms with van der Waals surface area (Å²) in [5.41, 5.74) is 5.90. The van der Waals surface area contributed by atoms with Gasteiger partial charge in [-0.2, -0.15) is 4.31 Å². The van der Waals surface area contributed by atoms with Gasteiger partial charge in [0.2, 0.25) is 15.9 Å². The third-order valence-electron chi connectivity index (χ3n) is 2.79. The second-order valence-corrected chi connectivity index (χ2v) is 6.87. The highest BCUT2D eigenvalue weighted by Gasteiger charge is 2.27. The zero-order valence-corrected chi connectivity index (χ0v) is 14.0. The number of hydrogen-bond acceptors (Lipinski definition) is 4. The number of carbonyl (C=O) groups is 1. The van der Waals surface area contributed by atoms with Crippen LogP contribution in [0.1, 0.15) is 12.5 Å². The first-order valence-corrected chi connectivity index (χ1v) is 8.26. The first-order chi connectivity index (χ1) is 9.73. The maximum absolute atomic E-state index is 12.6. The molecule has 0 unspecified atom stereocenters. The van der Waals surface area contributed by atoms with Crippen LogP contribution < -0.4 is 11.1 Å². The normalized spacial score (nSPS) is 11.4. The molecule has 0 saturated heterocycles. The van der Waals surface area contributed by atoms with Gasteiger partial charge in [0.05, 0.1) is 11.6 Å². The minimum Gasteiger partial charge on any atom is -0.389 e. The number of benzene rings is 1.